The zero-order chi connectivity index (χ0) is 32.9. The molecule has 12 heteroatoms. The number of aromatic hydroxyl groups is 1. The van der Waals surface area contributed by atoms with E-state index in [-0.39, 0.29) is 40.4 Å². The van der Waals surface area contributed by atoms with Crippen molar-refractivity contribution >= 4 is 29.1 Å². The van der Waals surface area contributed by atoms with Gasteiger partial charge in [-0.05, 0) is 80.7 Å². The molecule has 0 radical (unpaired) electrons. The topological polar surface area (TPSA) is 122 Å². The van der Waals surface area contributed by atoms with Crippen LogP contribution in [0.3, 0.4) is 0 Å². The fourth-order valence-electron chi connectivity index (χ4n) is 6.58. The molecule has 2 aromatic carbocycles. The van der Waals surface area contributed by atoms with Crippen LogP contribution in [0.4, 0.5) is 10.6 Å². The quantitative estimate of drug-likeness (QED) is 0.178. The second-order valence-electron chi connectivity index (χ2n) is 13.5. The molecule has 5 aromatic rings. The van der Waals surface area contributed by atoms with E-state index in [2.05, 4.69) is 59.6 Å². The average molecular weight is 655 g/mol. The Labute approximate surface area is 278 Å². The van der Waals surface area contributed by atoms with Gasteiger partial charge in [-0.3, -0.25) is 14.6 Å². The lowest BCUT2D eigenvalue weighted by Crippen LogP contribution is -2.36. The lowest BCUT2D eigenvalue weighted by Gasteiger charge is -2.32. The first-order valence-electron chi connectivity index (χ1n) is 16.0. The molecule has 2 amide bonds. The van der Waals surface area contributed by atoms with E-state index in [1.807, 2.05) is 47.0 Å². The first-order chi connectivity index (χ1) is 22.5. The van der Waals surface area contributed by atoms with Crippen molar-refractivity contribution in [2.24, 2.45) is 0 Å². The largest absolute Gasteiger partial charge is 0.506 e. The van der Waals surface area contributed by atoms with E-state index in [4.69, 9.17) is 21.4 Å². The maximum absolute atomic E-state index is 13.5. The fraction of sp³-hybridized carbons (Fsp3) is 0.371. The Morgan fingerprint density at radius 2 is 1.83 bits per heavy atom. The van der Waals surface area contributed by atoms with Crippen LogP contribution in [0, 0.1) is 0 Å². The van der Waals surface area contributed by atoms with Crippen LogP contribution in [0.5, 0.6) is 11.5 Å². The minimum atomic E-state index is -0.349. The van der Waals surface area contributed by atoms with Crippen LogP contribution in [0.15, 0.2) is 66.9 Å². The Morgan fingerprint density at radius 1 is 1.02 bits per heavy atom. The SMILES string of the molecule is CN1CCC[C@H]1c1nnc2ccc(O[C@@H]3CC[C@H](NC(=O)Nc4cc(C(C)(C)C)nn4-c4ccc(O)c(Cl)c4)c4ccccc43)cn12. The zero-order valence-corrected chi connectivity index (χ0v) is 27.7. The Bertz CT molecular complexity index is 1950. The Morgan fingerprint density at radius 3 is 2.57 bits per heavy atom. The summed E-state index contributed by atoms with van der Waals surface area (Å²) in [6.07, 6.45) is 5.45. The third-order valence-electron chi connectivity index (χ3n) is 9.13. The molecule has 7 rings (SSSR count). The van der Waals surface area contributed by atoms with E-state index in [1.165, 1.54) is 6.07 Å². The normalized spacial score (nSPS) is 19.9. The van der Waals surface area contributed by atoms with Gasteiger partial charge in [-0.2, -0.15) is 5.10 Å². The molecular weight excluding hydrogens is 616 g/mol. The second-order valence-corrected chi connectivity index (χ2v) is 13.9. The number of nitrogens with zero attached hydrogens (tertiary/aromatic N) is 6. The third-order valence-corrected chi connectivity index (χ3v) is 9.44. The molecule has 3 atom stereocenters. The zero-order valence-electron chi connectivity index (χ0n) is 26.9. The van der Waals surface area contributed by atoms with Gasteiger partial charge in [-0.15, -0.1) is 10.2 Å². The number of benzene rings is 2. The number of aromatic nitrogens is 5. The minimum absolute atomic E-state index is 0.0231. The van der Waals surface area contributed by atoms with Gasteiger partial charge in [0, 0.05) is 11.5 Å². The summed E-state index contributed by atoms with van der Waals surface area (Å²) >= 11 is 6.21. The molecule has 3 aromatic heterocycles. The van der Waals surface area contributed by atoms with Gasteiger partial charge < -0.3 is 15.2 Å². The molecule has 1 fully saturated rings. The highest BCUT2D eigenvalue weighted by Crippen LogP contribution is 2.39. The summed E-state index contributed by atoms with van der Waals surface area (Å²) in [5, 5.41) is 30.0. The predicted octanol–water partition coefficient (Wildman–Crippen LogP) is 7.11. The number of urea groups is 1. The summed E-state index contributed by atoms with van der Waals surface area (Å²) < 4.78 is 10.3. The summed E-state index contributed by atoms with van der Waals surface area (Å²) in [6.45, 7) is 7.23. The number of anilines is 1. The van der Waals surface area contributed by atoms with Crippen molar-refractivity contribution in [1.82, 2.24) is 34.6 Å². The van der Waals surface area contributed by atoms with Gasteiger partial charge in [0.15, 0.2) is 11.5 Å². The molecule has 47 heavy (non-hydrogen) atoms. The van der Waals surface area contributed by atoms with Crippen LogP contribution >= 0.6 is 11.6 Å². The molecule has 1 aliphatic carbocycles. The number of amides is 2. The van der Waals surface area contributed by atoms with Crippen LogP contribution < -0.4 is 15.4 Å². The number of hydrogen-bond donors (Lipinski definition) is 3. The van der Waals surface area contributed by atoms with E-state index in [9.17, 15) is 9.90 Å². The van der Waals surface area contributed by atoms with Crippen LogP contribution in [-0.2, 0) is 5.41 Å². The molecule has 1 saturated heterocycles. The van der Waals surface area contributed by atoms with E-state index >= 15 is 0 Å². The number of rotatable bonds is 6. The Hall–Kier alpha value is -4.61. The summed E-state index contributed by atoms with van der Waals surface area (Å²) in [4.78, 5) is 15.8. The van der Waals surface area contributed by atoms with Crippen molar-refractivity contribution in [3.8, 4) is 17.2 Å². The van der Waals surface area contributed by atoms with Crippen LogP contribution in [-0.4, -0.2) is 54.0 Å². The molecule has 11 nitrogen and oxygen atoms in total. The average Bonchev–Trinajstić information content (AvgIpc) is 3.78. The maximum atomic E-state index is 13.5. The predicted molar refractivity (Wildman–Crippen MR) is 180 cm³/mol. The van der Waals surface area contributed by atoms with E-state index in [1.54, 1.807) is 16.8 Å². The fourth-order valence-corrected chi connectivity index (χ4v) is 6.76. The van der Waals surface area contributed by atoms with Gasteiger partial charge >= 0.3 is 6.03 Å². The highest BCUT2D eigenvalue weighted by molar-refractivity contribution is 6.32. The lowest BCUT2D eigenvalue weighted by atomic mass is 9.85. The van der Waals surface area contributed by atoms with Crippen molar-refractivity contribution in [1.29, 1.82) is 0 Å². The summed E-state index contributed by atoms with van der Waals surface area (Å²) in [5.74, 6) is 2.16. The molecule has 4 heterocycles. The number of fused-ring (bicyclic) bond motifs is 2. The number of hydrogen-bond acceptors (Lipinski definition) is 7. The number of likely N-dealkylation sites (tertiary alicyclic amines) is 1. The number of phenolic OH excluding ortho intramolecular Hbond substituents is 1. The van der Waals surface area contributed by atoms with E-state index < -0.39 is 0 Å². The first kappa shape index (κ1) is 31.0. The molecule has 244 valence electrons. The third kappa shape index (κ3) is 6.13. The monoisotopic (exact) mass is 654 g/mol. The second kappa shape index (κ2) is 12.2. The highest BCUT2D eigenvalue weighted by Gasteiger charge is 2.31. The van der Waals surface area contributed by atoms with Crippen molar-refractivity contribution in [2.75, 3.05) is 18.9 Å². The molecule has 1 aliphatic heterocycles. The van der Waals surface area contributed by atoms with Crippen molar-refractivity contribution < 1.29 is 14.6 Å². The molecule has 0 spiro atoms. The molecule has 3 N–H and O–H groups in total. The number of pyridine rings is 1. The van der Waals surface area contributed by atoms with Crippen LogP contribution in [0.25, 0.3) is 11.3 Å². The van der Waals surface area contributed by atoms with Crippen molar-refractivity contribution in [3.63, 3.8) is 0 Å². The van der Waals surface area contributed by atoms with Gasteiger partial charge in [0.2, 0.25) is 0 Å². The van der Waals surface area contributed by atoms with E-state index in [0.29, 0.717) is 17.9 Å². The summed E-state index contributed by atoms with van der Waals surface area (Å²) in [5.41, 5.74) is 4.02. The van der Waals surface area contributed by atoms with Gasteiger partial charge in [-0.25, -0.2) is 9.48 Å². The summed E-state index contributed by atoms with van der Waals surface area (Å²) in [7, 11) is 2.13. The molecule has 2 aliphatic rings. The van der Waals surface area contributed by atoms with Crippen molar-refractivity contribution in [2.45, 2.75) is 70.1 Å². The standard InChI is InChI=1S/C35H39ClN8O3/c1-35(2,3)30-19-32(44(41-30)21-11-14-28(45)25(36)18-21)38-34(46)37-26-13-15-29(24-9-6-5-8-23(24)26)47-22-12-16-31-39-40-33(43(31)20-22)27-10-7-17-42(27)4/h5-6,8-9,11-12,14,16,18-20,26-27,29,45H,7,10,13,15,17H2,1-4H3,(H2,37,38,46)/t26-,27-,29+/m0/s1. The van der Waals surface area contributed by atoms with Gasteiger partial charge in [0.25, 0.3) is 0 Å². The summed E-state index contributed by atoms with van der Waals surface area (Å²) in [6, 6.07) is 18.4. The first-order valence-corrected chi connectivity index (χ1v) is 16.4. The van der Waals surface area contributed by atoms with Gasteiger partial charge in [-0.1, -0.05) is 56.6 Å². The number of ether oxygens (including phenoxy) is 1. The number of carbonyl (C=O) groups excluding carboxylic acids is 1. The van der Waals surface area contributed by atoms with E-state index in [0.717, 1.165) is 59.8 Å². The van der Waals surface area contributed by atoms with Gasteiger partial charge in [0.05, 0.1) is 34.7 Å². The molecule has 0 bridgehead atoms. The minimum Gasteiger partial charge on any atom is -0.506 e. The van der Waals surface area contributed by atoms with Crippen LogP contribution in [0.1, 0.15) is 87.3 Å². The smallest absolute Gasteiger partial charge is 0.320 e. The molecule has 0 unspecified atom stereocenters. The Balaban J connectivity index is 1.10. The van der Waals surface area contributed by atoms with Gasteiger partial charge in [0.1, 0.15) is 23.4 Å². The maximum Gasteiger partial charge on any atom is 0.320 e. The number of carbonyl (C=O) groups is 1. The number of nitrogens with one attached hydrogen (secondary N) is 2. The van der Waals surface area contributed by atoms with Crippen molar-refractivity contribution in [3.05, 3.63) is 94.5 Å². The lowest BCUT2D eigenvalue weighted by molar-refractivity contribution is 0.171. The Kier molecular flexibility index (Phi) is 8.05. The number of phenols is 1. The molecular formula is C35H39ClN8O3. The van der Waals surface area contributed by atoms with Crippen LogP contribution in [0.2, 0.25) is 5.02 Å². The number of halogens is 1. The molecule has 0 saturated carbocycles. The highest BCUT2D eigenvalue weighted by atomic mass is 35.5.